The number of anilines is 1. The monoisotopic (exact) mass is 238 g/mol. The lowest BCUT2D eigenvalue weighted by atomic mass is 10.1. The zero-order valence-electron chi connectivity index (χ0n) is 9.14. The van der Waals surface area contributed by atoms with Gasteiger partial charge in [0, 0.05) is 18.5 Å². The van der Waals surface area contributed by atoms with Crippen LogP contribution in [0.25, 0.3) is 10.9 Å². The van der Waals surface area contributed by atoms with Crippen molar-refractivity contribution < 1.29 is 4.39 Å². The minimum atomic E-state index is -0.365. The Balaban J connectivity index is 2.78. The molecule has 0 fully saturated rings. The van der Waals surface area contributed by atoms with Crippen molar-refractivity contribution in [2.24, 2.45) is 0 Å². The highest BCUT2D eigenvalue weighted by Gasteiger charge is 2.08. The van der Waals surface area contributed by atoms with Gasteiger partial charge < -0.3 is 5.32 Å². The third-order valence-electron chi connectivity index (χ3n) is 2.55. The summed E-state index contributed by atoms with van der Waals surface area (Å²) >= 11 is 5.99. The summed E-state index contributed by atoms with van der Waals surface area (Å²) in [5, 5.41) is 4.19. The van der Waals surface area contributed by atoms with E-state index in [1.807, 2.05) is 13.0 Å². The SMILES string of the molecule is CCc1cc2c(Cl)cc(F)cc2nc1NC. The topological polar surface area (TPSA) is 24.9 Å². The fourth-order valence-electron chi connectivity index (χ4n) is 1.73. The minimum absolute atomic E-state index is 0.365. The number of hydrogen-bond donors (Lipinski definition) is 1. The van der Waals surface area contributed by atoms with Crippen molar-refractivity contribution in [1.29, 1.82) is 0 Å². The van der Waals surface area contributed by atoms with Crippen LogP contribution in [0.1, 0.15) is 12.5 Å². The molecule has 2 aromatic rings. The number of aromatic nitrogens is 1. The molecule has 1 aromatic heterocycles. The van der Waals surface area contributed by atoms with Crippen LogP contribution in [0.2, 0.25) is 5.02 Å². The molecule has 0 saturated heterocycles. The first-order valence-electron chi connectivity index (χ1n) is 5.12. The molecular weight excluding hydrogens is 227 g/mol. The van der Waals surface area contributed by atoms with Crippen LogP contribution in [0.5, 0.6) is 0 Å². The van der Waals surface area contributed by atoms with E-state index in [1.165, 1.54) is 12.1 Å². The smallest absolute Gasteiger partial charge is 0.129 e. The van der Waals surface area contributed by atoms with Gasteiger partial charge in [-0.2, -0.15) is 0 Å². The molecule has 0 amide bonds. The molecule has 1 heterocycles. The molecule has 0 saturated carbocycles. The summed E-state index contributed by atoms with van der Waals surface area (Å²) in [6.45, 7) is 2.04. The third kappa shape index (κ3) is 1.83. The van der Waals surface area contributed by atoms with Crippen molar-refractivity contribution in [2.45, 2.75) is 13.3 Å². The van der Waals surface area contributed by atoms with E-state index in [2.05, 4.69) is 10.3 Å². The second-order valence-electron chi connectivity index (χ2n) is 3.55. The van der Waals surface area contributed by atoms with Crippen molar-refractivity contribution in [3.8, 4) is 0 Å². The first-order chi connectivity index (χ1) is 7.65. The molecule has 0 spiro atoms. The van der Waals surface area contributed by atoms with Crippen LogP contribution in [0, 0.1) is 5.82 Å². The molecule has 0 aliphatic rings. The zero-order valence-corrected chi connectivity index (χ0v) is 9.90. The van der Waals surface area contributed by atoms with Crippen LogP contribution in [-0.4, -0.2) is 12.0 Å². The highest BCUT2D eigenvalue weighted by atomic mass is 35.5. The Kier molecular flexibility index (Phi) is 2.97. The van der Waals surface area contributed by atoms with Crippen molar-refractivity contribution >= 4 is 28.3 Å². The summed E-state index contributed by atoms with van der Waals surface area (Å²) in [6, 6.07) is 4.65. The molecule has 16 heavy (non-hydrogen) atoms. The molecule has 84 valence electrons. The van der Waals surface area contributed by atoms with E-state index in [0.29, 0.717) is 10.5 Å². The number of rotatable bonds is 2. The zero-order chi connectivity index (χ0) is 11.7. The van der Waals surface area contributed by atoms with Crippen LogP contribution < -0.4 is 5.32 Å². The van der Waals surface area contributed by atoms with Crippen LogP contribution in [0.15, 0.2) is 18.2 Å². The van der Waals surface area contributed by atoms with Crippen LogP contribution in [0.3, 0.4) is 0 Å². The lowest BCUT2D eigenvalue weighted by molar-refractivity contribution is 0.629. The molecule has 1 aromatic carbocycles. The highest BCUT2D eigenvalue weighted by Crippen LogP contribution is 2.27. The number of pyridine rings is 1. The first-order valence-corrected chi connectivity index (χ1v) is 5.50. The first kappa shape index (κ1) is 11.1. The highest BCUT2D eigenvalue weighted by molar-refractivity contribution is 6.35. The van der Waals surface area contributed by atoms with E-state index in [-0.39, 0.29) is 5.82 Å². The van der Waals surface area contributed by atoms with Gasteiger partial charge in [0.2, 0.25) is 0 Å². The van der Waals surface area contributed by atoms with E-state index >= 15 is 0 Å². The van der Waals surface area contributed by atoms with Gasteiger partial charge in [0.05, 0.1) is 10.5 Å². The van der Waals surface area contributed by atoms with E-state index in [9.17, 15) is 4.39 Å². The van der Waals surface area contributed by atoms with Gasteiger partial charge >= 0.3 is 0 Å². The Morgan fingerprint density at radius 2 is 2.12 bits per heavy atom. The summed E-state index contributed by atoms with van der Waals surface area (Å²) in [7, 11) is 1.80. The number of hydrogen-bond acceptors (Lipinski definition) is 2. The van der Waals surface area contributed by atoms with Gasteiger partial charge in [-0.1, -0.05) is 18.5 Å². The number of aryl methyl sites for hydroxylation is 1. The van der Waals surface area contributed by atoms with Gasteiger partial charge in [-0.3, -0.25) is 0 Å². The van der Waals surface area contributed by atoms with Gasteiger partial charge in [-0.05, 0) is 24.1 Å². The third-order valence-corrected chi connectivity index (χ3v) is 2.86. The molecule has 2 rings (SSSR count). The average molecular weight is 239 g/mol. The van der Waals surface area contributed by atoms with Crippen LogP contribution >= 0.6 is 11.6 Å². The lowest BCUT2D eigenvalue weighted by Gasteiger charge is -2.09. The van der Waals surface area contributed by atoms with E-state index < -0.39 is 0 Å². The molecule has 0 aliphatic heterocycles. The van der Waals surface area contributed by atoms with Crippen molar-refractivity contribution in [3.05, 3.63) is 34.6 Å². The molecule has 2 nitrogen and oxygen atoms in total. The number of nitrogens with zero attached hydrogens (tertiary/aromatic N) is 1. The predicted octanol–water partition coefficient (Wildman–Crippen LogP) is 3.63. The lowest BCUT2D eigenvalue weighted by Crippen LogP contribution is -1.98. The predicted molar refractivity (Wildman–Crippen MR) is 65.6 cm³/mol. The van der Waals surface area contributed by atoms with Gasteiger partial charge in [-0.25, -0.2) is 9.37 Å². The second kappa shape index (κ2) is 4.26. The summed E-state index contributed by atoms with van der Waals surface area (Å²) in [6.07, 6.45) is 0.854. The number of fused-ring (bicyclic) bond motifs is 1. The quantitative estimate of drug-likeness (QED) is 0.864. The average Bonchev–Trinajstić information content (AvgIpc) is 2.27. The van der Waals surface area contributed by atoms with Gasteiger partial charge in [-0.15, -0.1) is 0 Å². The molecule has 0 radical (unpaired) electrons. The second-order valence-corrected chi connectivity index (χ2v) is 3.96. The van der Waals surface area contributed by atoms with Crippen LogP contribution in [-0.2, 0) is 6.42 Å². The maximum Gasteiger partial charge on any atom is 0.129 e. The molecule has 1 N–H and O–H groups in total. The molecule has 4 heteroatoms. The van der Waals surface area contributed by atoms with Crippen molar-refractivity contribution in [3.63, 3.8) is 0 Å². The fraction of sp³-hybridized carbons (Fsp3) is 0.250. The van der Waals surface area contributed by atoms with Crippen LogP contribution in [0.4, 0.5) is 10.2 Å². The summed E-state index contributed by atoms with van der Waals surface area (Å²) < 4.78 is 13.2. The number of benzene rings is 1. The van der Waals surface area contributed by atoms with Gasteiger partial charge in [0.25, 0.3) is 0 Å². The standard InChI is InChI=1S/C12H12ClFN2/c1-3-7-4-9-10(13)5-8(14)6-11(9)16-12(7)15-2/h4-6H,3H2,1-2H3,(H,15,16). The summed E-state index contributed by atoms with van der Waals surface area (Å²) in [4.78, 5) is 4.35. The molecule has 0 atom stereocenters. The Bertz CT molecular complexity index is 540. The molecular formula is C12H12ClFN2. The maximum absolute atomic E-state index is 13.2. The normalized spacial score (nSPS) is 10.8. The van der Waals surface area contributed by atoms with E-state index in [0.717, 1.165) is 23.2 Å². The van der Waals surface area contributed by atoms with Crippen molar-refractivity contribution in [1.82, 2.24) is 4.98 Å². The van der Waals surface area contributed by atoms with E-state index in [1.54, 1.807) is 7.05 Å². The molecule has 0 unspecified atom stereocenters. The van der Waals surface area contributed by atoms with Crippen molar-refractivity contribution in [2.75, 3.05) is 12.4 Å². The number of nitrogens with one attached hydrogen (secondary N) is 1. The Labute approximate surface area is 98.4 Å². The summed E-state index contributed by atoms with van der Waals surface area (Å²) in [5.41, 5.74) is 1.65. The fourth-order valence-corrected chi connectivity index (χ4v) is 1.98. The Morgan fingerprint density at radius 3 is 2.75 bits per heavy atom. The summed E-state index contributed by atoms with van der Waals surface area (Å²) in [5.74, 6) is 0.410. The maximum atomic E-state index is 13.2. The number of halogens is 2. The Morgan fingerprint density at radius 1 is 1.38 bits per heavy atom. The molecule has 0 aliphatic carbocycles. The Hall–Kier alpha value is -1.35. The van der Waals surface area contributed by atoms with E-state index in [4.69, 9.17) is 11.6 Å². The van der Waals surface area contributed by atoms with Gasteiger partial charge in [0.15, 0.2) is 0 Å². The largest absolute Gasteiger partial charge is 0.373 e. The minimum Gasteiger partial charge on any atom is -0.373 e. The molecule has 0 bridgehead atoms. The van der Waals surface area contributed by atoms with Gasteiger partial charge in [0.1, 0.15) is 11.6 Å².